The van der Waals surface area contributed by atoms with Crippen LogP contribution >= 0.6 is 11.3 Å². The maximum absolute atomic E-state index is 13.2. The SMILES string of the molecule is COc1ccc(OC)c(C(O)CNC(=O)c2cc(C)c(-c3ccc(F)cc3)s2)c1. The molecule has 0 saturated heterocycles. The lowest BCUT2D eigenvalue weighted by Crippen LogP contribution is -2.27. The minimum atomic E-state index is -0.957. The third-order valence-electron chi connectivity index (χ3n) is 4.50. The average molecular weight is 415 g/mol. The zero-order valence-corrected chi connectivity index (χ0v) is 17.2. The summed E-state index contributed by atoms with van der Waals surface area (Å²) in [5.41, 5.74) is 2.32. The summed E-state index contributed by atoms with van der Waals surface area (Å²) in [4.78, 5) is 14.0. The van der Waals surface area contributed by atoms with Crippen molar-refractivity contribution >= 4 is 17.2 Å². The van der Waals surface area contributed by atoms with Crippen molar-refractivity contribution in [2.45, 2.75) is 13.0 Å². The van der Waals surface area contributed by atoms with Gasteiger partial charge < -0.3 is 19.9 Å². The van der Waals surface area contributed by atoms with Crippen LogP contribution in [0.25, 0.3) is 10.4 Å². The summed E-state index contributed by atoms with van der Waals surface area (Å²) in [6.07, 6.45) is -0.957. The molecule has 0 aliphatic rings. The van der Waals surface area contributed by atoms with E-state index < -0.39 is 6.10 Å². The van der Waals surface area contributed by atoms with Gasteiger partial charge >= 0.3 is 0 Å². The number of hydrogen-bond donors (Lipinski definition) is 2. The van der Waals surface area contributed by atoms with Crippen LogP contribution in [0.1, 0.15) is 26.9 Å². The normalized spacial score (nSPS) is 11.8. The standard InChI is InChI=1S/C22H22FNO4S/c1-13-10-20(29-21(13)14-4-6-15(23)7-5-14)22(26)24-12-18(25)17-11-16(27-2)8-9-19(17)28-3/h4-11,18,25H,12H2,1-3H3,(H,24,26). The number of rotatable bonds is 7. The Labute approximate surface area is 172 Å². The minimum Gasteiger partial charge on any atom is -0.497 e. The van der Waals surface area contributed by atoms with E-state index in [1.54, 1.807) is 36.4 Å². The number of amides is 1. The molecule has 0 bridgehead atoms. The zero-order valence-electron chi connectivity index (χ0n) is 16.4. The molecular formula is C22H22FNO4S. The topological polar surface area (TPSA) is 67.8 Å². The fourth-order valence-electron chi connectivity index (χ4n) is 2.97. The minimum absolute atomic E-state index is 0.0190. The fourth-order valence-corrected chi connectivity index (χ4v) is 4.06. The number of aliphatic hydroxyl groups excluding tert-OH is 1. The van der Waals surface area contributed by atoms with Gasteiger partial charge in [0, 0.05) is 17.0 Å². The maximum atomic E-state index is 13.2. The fraction of sp³-hybridized carbons (Fsp3) is 0.227. The Kier molecular flexibility index (Phi) is 6.51. The van der Waals surface area contributed by atoms with Crippen LogP contribution in [0, 0.1) is 12.7 Å². The second-order valence-corrected chi connectivity index (χ2v) is 7.52. The van der Waals surface area contributed by atoms with E-state index in [0.29, 0.717) is 21.9 Å². The van der Waals surface area contributed by atoms with E-state index in [0.717, 1.165) is 16.0 Å². The molecule has 0 aliphatic heterocycles. The number of hydrogen-bond acceptors (Lipinski definition) is 5. The lowest BCUT2D eigenvalue weighted by atomic mass is 10.1. The lowest BCUT2D eigenvalue weighted by Gasteiger charge is -2.16. The summed E-state index contributed by atoms with van der Waals surface area (Å²) in [7, 11) is 3.06. The Balaban J connectivity index is 1.71. The molecule has 0 spiro atoms. The average Bonchev–Trinajstić information content (AvgIpc) is 3.13. The second kappa shape index (κ2) is 9.07. The number of halogens is 1. The first-order chi connectivity index (χ1) is 13.9. The number of methoxy groups -OCH3 is 2. The summed E-state index contributed by atoms with van der Waals surface area (Å²) in [6.45, 7) is 1.92. The van der Waals surface area contributed by atoms with Crippen LogP contribution in [0.15, 0.2) is 48.5 Å². The zero-order chi connectivity index (χ0) is 21.0. The van der Waals surface area contributed by atoms with Crippen molar-refractivity contribution in [1.82, 2.24) is 5.32 Å². The molecule has 29 heavy (non-hydrogen) atoms. The number of benzene rings is 2. The van der Waals surface area contributed by atoms with Crippen LogP contribution < -0.4 is 14.8 Å². The number of carbonyl (C=O) groups is 1. The highest BCUT2D eigenvalue weighted by Crippen LogP contribution is 2.33. The Bertz CT molecular complexity index is 1000. The molecule has 1 amide bonds. The van der Waals surface area contributed by atoms with E-state index in [4.69, 9.17) is 9.47 Å². The molecule has 152 valence electrons. The van der Waals surface area contributed by atoms with Gasteiger partial charge in [0.2, 0.25) is 0 Å². The largest absolute Gasteiger partial charge is 0.497 e. The number of aryl methyl sites for hydroxylation is 1. The molecule has 7 heteroatoms. The highest BCUT2D eigenvalue weighted by molar-refractivity contribution is 7.17. The third-order valence-corrected chi connectivity index (χ3v) is 5.78. The summed E-state index contributed by atoms with van der Waals surface area (Å²) in [6, 6.07) is 13.1. The lowest BCUT2D eigenvalue weighted by molar-refractivity contribution is 0.0918. The quantitative estimate of drug-likeness (QED) is 0.602. The van der Waals surface area contributed by atoms with Gasteiger partial charge in [0.05, 0.1) is 19.1 Å². The van der Waals surface area contributed by atoms with Crippen molar-refractivity contribution in [2.75, 3.05) is 20.8 Å². The van der Waals surface area contributed by atoms with Crippen molar-refractivity contribution < 1.29 is 23.8 Å². The first-order valence-electron chi connectivity index (χ1n) is 8.97. The van der Waals surface area contributed by atoms with Crippen molar-refractivity contribution in [2.24, 2.45) is 0 Å². The van der Waals surface area contributed by atoms with Gasteiger partial charge in [-0.05, 0) is 54.4 Å². The highest BCUT2D eigenvalue weighted by Gasteiger charge is 2.18. The van der Waals surface area contributed by atoms with E-state index >= 15 is 0 Å². The van der Waals surface area contributed by atoms with Crippen molar-refractivity contribution in [3.05, 3.63) is 70.4 Å². The summed E-state index contributed by atoms with van der Waals surface area (Å²) in [5, 5.41) is 13.3. The maximum Gasteiger partial charge on any atom is 0.261 e. The van der Waals surface area contributed by atoms with Crippen molar-refractivity contribution in [3.8, 4) is 21.9 Å². The first kappa shape index (κ1) is 20.8. The summed E-state index contributed by atoms with van der Waals surface area (Å²) < 4.78 is 23.6. The molecule has 3 aromatic rings. The predicted molar refractivity (Wildman–Crippen MR) is 111 cm³/mol. The van der Waals surface area contributed by atoms with Gasteiger partial charge in [0.1, 0.15) is 23.4 Å². The molecule has 5 nitrogen and oxygen atoms in total. The van der Waals surface area contributed by atoms with Crippen molar-refractivity contribution in [1.29, 1.82) is 0 Å². The van der Waals surface area contributed by atoms with E-state index in [9.17, 15) is 14.3 Å². The number of carbonyl (C=O) groups excluding carboxylic acids is 1. The molecule has 0 fully saturated rings. The Morgan fingerprint density at radius 3 is 2.52 bits per heavy atom. The van der Waals surface area contributed by atoms with Crippen LogP contribution in [-0.2, 0) is 0 Å². The molecule has 0 saturated carbocycles. The number of thiophene rings is 1. The Hall–Kier alpha value is -2.90. The molecule has 3 rings (SSSR count). The molecule has 1 heterocycles. The Morgan fingerprint density at radius 2 is 1.86 bits per heavy atom. The third kappa shape index (κ3) is 4.75. The molecule has 2 aromatic carbocycles. The van der Waals surface area contributed by atoms with Crippen LogP contribution in [-0.4, -0.2) is 31.8 Å². The van der Waals surface area contributed by atoms with E-state index in [2.05, 4.69) is 5.32 Å². The van der Waals surface area contributed by atoms with E-state index in [1.807, 2.05) is 6.92 Å². The predicted octanol–water partition coefficient (Wildman–Crippen LogP) is 4.34. The molecular weight excluding hydrogens is 393 g/mol. The monoisotopic (exact) mass is 415 g/mol. The van der Waals surface area contributed by atoms with Gasteiger partial charge in [0.25, 0.3) is 5.91 Å². The van der Waals surface area contributed by atoms with Gasteiger partial charge in [-0.2, -0.15) is 0 Å². The van der Waals surface area contributed by atoms with Crippen LogP contribution in [0.4, 0.5) is 4.39 Å². The number of aliphatic hydroxyl groups is 1. The van der Waals surface area contributed by atoms with Gasteiger partial charge in [-0.3, -0.25) is 4.79 Å². The van der Waals surface area contributed by atoms with Gasteiger partial charge in [0.15, 0.2) is 0 Å². The molecule has 1 aromatic heterocycles. The van der Waals surface area contributed by atoms with E-state index in [-0.39, 0.29) is 18.3 Å². The van der Waals surface area contributed by atoms with Gasteiger partial charge in [-0.25, -0.2) is 4.39 Å². The molecule has 0 aliphatic carbocycles. The molecule has 1 unspecified atom stereocenters. The van der Waals surface area contributed by atoms with E-state index in [1.165, 1.54) is 37.7 Å². The molecule has 2 N–H and O–H groups in total. The smallest absolute Gasteiger partial charge is 0.261 e. The van der Waals surface area contributed by atoms with Crippen LogP contribution in [0.5, 0.6) is 11.5 Å². The van der Waals surface area contributed by atoms with Gasteiger partial charge in [-0.15, -0.1) is 11.3 Å². The molecule has 0 radical (unpaired) electrons. The van der Waals surface area contributed by atoms with Crippen LogP contribution in [0.3, 0.4) is 0 Å². The van der Waals surface area contributed by atoms with Crippen LogP contribution in [0.2, 0.25) is 0 Å². The number of ether oxygens (including phenoxy) is 2. The highest BCUT2D eigenvalue weighted by atomic mass is 32.1. The van der Waals surface area contributed by atoms with Crippen molar-refractivity contribution in [3.63, 3.8) is 0 Å². The van der Waals surface area contributed by atoms with Gasteiger partial charge in [-0.1, -0.05) is 12.1 Å². The summed E-state index contributed by atoms with van der Waals surface area (Å²) >= 11 is 1.33. The second-order valence-electron chi connectivity index (χ2n) is 6.46. The molecule has 1 atom stereocenters. The first-order valence-corrected chi connectivity index (χ1v) is 9.79. The summed E-state index contributed by atoms with van der Waals surface area (Å²) in [5.74, 6) is 0.511. The Morgan fingerprint density at radius 1 is 1.14 bits per heavy atom. The number of nitrogens with one attached hydrogen (secondary N) is 1.